The summed E-state index contributed by atoms with van der Waals surface area (Å²) in [6, 6.07) is 1.96. The van der Waals surface area contributed by atoms with Gasteiger partial charge in [-0.1, -0.05) is 0 Å². The highest BCUT2D eigenvalue weighted by Gasteiger charge is 2.41. The van der Waals surface area contributed by atoms with E-state index >= 15 is 0 Å². The molecule has 15 heteroatoms. The monoisotopic (exact) mass is 601 g/mol. The summed E-state index contributed by atoms with van der Waals surface area (Å²) in [5.41, 5.74) is -1.26. The third-order valence-electron chi connectivity index (χ3n) is 6.31. The van der Waals surface area contributed by atoms with Gasteiger partial charge >= 0.3 is 12.3 Å². The average molecular weight is 602 g/mol. The van der Waals surface area contributed by atoms with Crippen molar-refractivity contribution < 1.29 is 45.1 Å². The molecule has 1 aliphatic heterocycles. The van der Waals surface area contributed by atoms with Crippen molar-refractivity contribution in [1.29, 1.82) is 0 Å². The van der Waals surface area contributed by atoms with Gasteiger partial charge in [0.1, 0.15) is 11.4 Å². The van der Waals surface area contributed by atoms with Crippen molar-refractivity contribution in [2.75, 3.05) is 6.54 Å². The first-order valence-electron chi connectivity index (χ1n) is 12.7. The second kappa shape index (κ2) is 11.6. The summed E-state index contributed by atoms with van der Waals surface area (Å²) in [7, 11) is 0. The van der Waals surface area contributed by atoms with Crippen LogP contribution in [0.25, 0.3) is 11.3 Å². The normalized spacial score (nSPS) is 14.4. The molecule has 1 aromatic carbocycles. The van der Waals surface area contributed by atoms with Crippen molar-refractivity contribution in [2.45, 2.75) is 64.5 Å². The maximum Gasteiger partial charge on any atom is 0.449 e. The number of amides is 2. The van der Waals surface area contributed by atoms with Gasteiger partial charge in [-0.3, -0.25) is 4.79 Å². The maximum atomic E-state index is 14.4. The number of nitrogens with one attached hydrogen (secondary N) is 1. The van der Waals surface area contributed by atoms with Gasteiger partial charge < -0.3 is 19.5 Å². The van der Waals surface area contributed by atoms with Gasteiger partial charge in [0.15, 0.2) is 11.6 Å². The second-order valence-electron chi connectivity index (χ2n) is 10.7. The number of imidazole rings is 1. The minimum absolute atomic E-state index is 0.0265. The lowest BCUT2D eigenvalue weighted by atomic mass is 10.0. The number of pyridine rings is 1. The Labute approximate surface area is 235 Å². The van der Waals surface area contributed by atoms with Crippen molar-refractivity contribution in [3.05, 3.63) is 70.9 Å². The van der Waals surface area contributed by atoms with E-state index < -0.39 is 71.9 Å². The predicted molar refractivity (Wildman–Crippen MR) is 134 cm³/mol. The fourth-order valence-corrected chi connectivity index (χ4v) is 4.52. The Kier molecular flexibility index (Phi) is 8.51. The van der Waals surface area contributed by atoms with Crippen LogP contribution in [0, 0.1) is 23.4 Å². The number of rotatable bonds is 6. The van der Waals surface area contributed by atoms with Crippen molar-refractivity contribution in [2.24, 2.45) is 0 Å². The summed E-state index contributed by atoms with van der Waals surface area (Å²) in [5.74, 6) is -6.52. The largest absolute Gasteiger partial charge is 0.449 e. The van der Waals surface area contributed by atoms with Crippen LogP contribution in [0.1, 0.15) is 44.3 Å². The van der Waals surface area contributed by atoms with Crippen LogP contribution >= 0.6 is 0 Å². The smallest absolute Gasteiger partial charge is 0.444 e. The topological polar surface area (TPSA) is 89.4 Å². The Bertz CT molecular complexity index is 1480. The number of alkyl halides is 3. The van der Waals surface area contributed by atoms with E-state index in [4.69, 9.17) is 4.74 Å². The lowest BCUT2D eigenvalue weighted by Gasteiger charge is -2.31. The maximum absolute atomic E-state index is 14.4. The Hall–Kier alpha value is -4.17. The van der Waals surface area contributed by atoms with Gasteiger partial charge in [0.05, 0.1) is 17.9 Å². The van der Waals surface area contributed by atoms with Gasteiger partial charge in [0.2, 0.25) is 17.7 Å². The zero-order valence-corrected chi connectivity index (χ0v) is 22.7. The number of benzene rings is 1. The molecule has 2 amide bonds. The highest BCUT2D eigenvalue weighted by molar-refractivity contribution is 5.78. The molecule has 2 aromatic heterocycles. The van der Waals surface area contributed by atoms with Gasteiger partial charge in [0.25, 0.3) is 0 Å². The van der Waals surface area contributed by atoms with E-state index in [1.807, 2.05) is 0 Å². The number of carbonyl (C=O) groups excluding carboxylic acids is 2. The van der Waals surface area contributed by atoms with Crippen LogP contribution in [0.3, 0.4) is 0 Å². The standard InChI is InChI=1S/C27H26F7N5O3/c1-26(2,3)42-25(41)36-16(8-15-9-18(29)19(30)11-17(15)28)10-22(40)38-6-7-39-20(13-38)23(37-24(39)27(32,33)34)14-4-5-21(31)35-12-14/h4-5,9,11-12,16H,6-8,10,13H2,1-3H3,(H,36,41)/t16-/m1/s1. The Morgan fingerprint density at radius 2 is 1.71 bits per heavy atom. The molecule has 0 bridgehead atoms. The molecule has 1 N–H and O–H groups in total. The van der Waals surface area contributed by atoms with Gasteiger partial charge in [-0.2, -0.15) is 17.6 Å². The third kappa shape index (κ3) is 7.18. The Balaban J connectivity index is 1.60. The molecule has 3 heterocycles. The van der Waals surface area contributed by atoms with Crippen LogP contribution in [0.15, 0.2) is 30.5 Å². The number of alkyl carbamates (subject to hydrolysis) is 1. The summed E-state index contributed by atoms with van der Waals surface area (Å²) in [6.07, 6.45) is -5.66. The molecule has 0 radical (unpaired) electrons. The highest BCUT2D eigenvalue weighted by atomic mass is 19.4. The average Bonchev–Trinajstić information content (AvgIpc) is 3.26. The van der Waals surface area contributed by atoms with E-state index in [1.54, 1.807) is 20.8 Å². The number of ether oxygens (including phenoxy) is 1. The van der Waals surface area contributed by atoms with Crippen LogP contribution < -0.4 is 5.32 Å². The van der Waals surface area contributed by atoms with Gasteiger partial charge in [-0.05, 0) is 51.0 Å². The fraction of sp³-hybridized carbons (Fsp3) is 0.407. The number of halogens is 7. The van der Waals surface area contributed by atoms with E-state index in [9.17, 15) is 40.3 Å². The number of hydrogen-bond acceptors (Lipinski definition) is 5. The molecule has 0 fully saturated rings. The van der Waals surface area contributed by atoms with Crippen LogP contribution in [-0.2, 0) is 35.2 Å². The molecule has 3 aromatic rings. The first-order valence-corrected chi connectivity index (χ1v) is 12.7. The minimum atomic E-state index is -4.82. The number of carbonyl (C=O) groups is 2. The van der Waals surface area contributed by atoms with Crippen molar-refractivity contribution in [1.82, 2.24) is 24.8 Å². The molecule has 1 aliphatic rings. The molecule has 4 rings (SSSR count). The zero-order valence-electron chi connectivity index (χ0n) is 22.7. The lowest BCUT2D eigenvalue weighted by Crippen LogP contribution is -2.45. The fourth-order valence-electron chi connectivity index (χ4n) is 4.52. The van der Waals surface area contributed by atoms with Crippen molar-refractivity contribution >= 4 is 12.0 Å². The molecule has 8 nitrogen and oxygen atoms in total. The molecule has 1 atom stereocenters. The molecule has 0 spiro atoms. The molecule has 226 valence electrons. The lowest BCUT2D eigenvalue weighted by molar-refractivity contribution is -0.148. The predicted octanol–water partition coefficient (Wildman–Crippen LogP) is 5.39. The number of nitrogens with zero attached hydrogens (tertiary/aromatic N) is 4. The molecular weight excluding hydrogens is 575 g/mol. The van der Waals surface area contributed by atoms with Crippen LogP contribution in [0.4, 0.5) is 35.5 Å². The molecule has 0 saturated heterocycles. The summed E-state index contributed by atoms with van der Waals surface area (Å²) in [4.78, 5) is 34.3. The molecule has 42 heavy (non-hydrogen) atoms. The summed E-state index contributed by atoms with van der Waals surface area (Å²) < 4.78 is 102. The van der Waals surface area contributed by atoms with E-state index in [2.05, 4.69) is 15.3 Å². The molecular formula is C27H26F7N5O3. The van der Waals surface area contributed by atoms with Gasteiger partial charge in [-0.25, -0.2) is 27.9 Å². The van der Waals surface area contributed by atoms with Crippen molar-refractivity contribution in [3.8, 4) is 11.3 Å². The number of aromatic nitrogens is 3. The van der Waals surface area contributed by atoms with Crippen LogP contribution in [-0.4, -0.2) is 49.6 Å². The van der Waals surface area contributed by atoms with E-state index in [1.165, 1.54) is 11.0 Å². The molecule has 0 saturated carbocycles. The van der Waals surface area contributed by atoms with E-state index in [0.717, 1.165) is 16.8 Å². The third-order valence-corrected chi connectivity index (χ3v) is 6.31. The molecule has 0 unspecified atom stereocenters. The summed E-state index contributed by atoms with van der Waals surface area (Å²) in [6.45, 7) is 3.99. The first-order chi connectivity index (χ1) is 19.5. The second-order valence-corrected chi connectivity index (χ2v) is 10.7. The molecule has 0 aliphatic carbocycles. The van der Waals surface area contributed by atoms with E-state index in [0.29, 0.717) is 12.1 Å². The van der Waals surface area contributed by atoms with Crippen LogP contribution in [0.2, 0.25) is 0 Å². The SMILES string of the molecule is CC(C)(C)OC(=O)N[C@@H](CC(=O)N1CCn2c(C(F)(F)F)nc(-c3ccc(F)nc3)c2C1)Cc1cc(F)c(F)cc1F. The van der Waals surface area contributed by atoms with Crippen molar-refractivity contribution in [3.63, 3.8) is 0 Å². The minimum Gasteiger partial charge on any atom is -0.444 e. The summed E-state index contributed by atoms with van der Waals surface area (Å²) >= 11 is 0. The number of fused-ring (bicyclic) bond motifs is 1. The Morgan fingerprint density at radius 3 is 2.33 bits per heavy atom. The Morgan fingerprint density at radius 1 is 1.02 bits per heavy atom. The van der Waals surface area contributed by atoms with Crippen LogP contribution in [0.5, 0.6) is 0 Å². The van der Waals surface area contributed by atoms with Gasteiger partial charge in [-0.15, -0.1) is 0 Å². The summed E-state index contributed by atoms with van der Waals surface area (Å²) in [5, 5.41) is 2.44. The highest BCUT2D eigenvalue weighted by Crippen LogP contribution is 2.36. The number of hydrogen-bond donors (Lipinski definition) is 1. The van der Waals surface area contributed by atoms with E-state index in [-0.39, 0.29) is 42.1 Å². The first kappa shape index (κ1) is 30.8. The van der Waals surface area contributed by atoms with Gasteiger partial charge in [0, 0.05) is 43.4 Å². The quantitative estimate of drug-likeness (QED) is 0.233. The zero-order chi connectivity index (χ0) is 31.0.